The van der Waals surface area contributed by atoms with Crippen LogP contribution in [0.1, 0.15) is 31.4 Å². The van der Waals surface area contributed by atoms with Crippen LogP contribution < -0.4 is 0 Å². The molecular weight excluding hydrogens is 212 g/mol. The summed E-state index contributed by atoms with van der Waals surface area (Å²) in [6.45, 7) is 1.63. The van der Waals surface area contributed by atoms with E-state index in [1.165, 1.54) is 25.7 Å². The molecule has 0 aromatic carbocycles. The summed E-state index contributed by atoms with van der Waals surface area (Å²) in [5, 5.41) is 0. The van der Waals surface area contributed by atoms with E-state index in [-0.39, 0.29) is 0 Å². The minimum atomic E-state index is 0.493. The summed E-state index contributed by atoms with van der Waals surface area (Å²) >= 11 is 5.78. The van der Waals surface area contributed by atoms with Crippen LogP contribution in [0.25, 0.3) is 0 Å². The Kier molecular flexibility index (Phi) is 4.03. The molecule has 0 N–H and O–H groups in total. The number of rotatable bonds is 5. The van der Waals surface area contributed by atoms with Gasteiger partial charge in [-0.1, -0.05) is 12.8 Å². The lowest BCUT2D eigenvalue weighted by molar-refractivity contribution is 0.0527. The molecule has 0 atom stereocenters. The second-order valence-electron chi connectivity index (χ2n) is 3.99. The lowest BCUT2D eigenvalue weighted by atomic mass is 10.3. The first-order valence-electron chi connectivity index (χ1n) is 5.56. The maximum atomic E-state index is 5.78. The molecule has 3 nitrogen and oxygen atoms in total. The molecule has 1 aliphatic rings. The highest BCUT2D eigenvalue weighted by Gasteiger charge is 2.14. The van der Waals surface area contributed by atoms with Crippen molar-refractivity contribution in [3.63, 3.8) is 0 Å². The van der Waals surface area contributed by atoms with Crippen molar-refractivity contribution >= 4 is 11.6 Å². The predicted octanol–water partition coefficient (Wildman–Crippen LogP) is 2.58. The van der Waals surface area contributed by atoms with Gasteiger partial charge in [-0.2, -0.15) is 0 Å². The number of imidazole rings is 1. The highest BCUT2D eigenvalue weighted by Crippen LogP contribution is 2.20. The fraction of sp³-hybridized carbons (Fsp3) is 0.727. The van der Waals surface area contributed by atoms with Crippen molar-refractivity contribution < 1.29 is 4.74 Å². The summed E-state index contributed by atoms with van der Waals surface area (Å²) < 4.78 is 7.84. The fourth-order valence-electron chi connectivity index (χ4n) is 2.03. The molecular formula is C11H17ClN2O. The van der Waals surface area contributed by atoms with Crippen molar-refractivity contribution in [3.05, 3.63) is 18.2 Å². The van der Waals surface area contributed by atoms with E-state index in [2.05, 4.69) is 9.55 Å². The number of ether oxygens (including phenoxy) is 1. The van der Waals surface area contributed by atoms with Crippen LogP contribution in [0.5, 0.6) is 0 Å². The second kappa shape index (κ2) is 5.52. The zero-order valence-electron chi connectivity index (χ0n) is 8.86. The molecule has 84 valence electrons. The van der Waals surface area contributed by atoms with Crippen LogP contribution in [0.4, 0.5) is 0 Å². The standard InChI is InChI=1S/C11H17ClN2O/c12-7-10-8-13-9-14(10)5-6-15-11-3-1-2-4-11/h8-9,11H,1-7H2. The lowest BCUT2D eigenvalue weighted by Gasteiger charge is -2.12. The Morgan fingerprint density at radius 3 is 3.00 bits per heavy atom. The molecule has 1 aromatic rings. The first-order chi connectivity index (χ1) is 7.40. The molecule has 0 spiro atoms. The molecule has 0 amide bonds. The van der Waals surface area contributed by atoms with Gasteiger partial charge in [-0.25, -0.2) is 4.98 Å². The van der Waals surface area contributed by atoms with Gasteiger partial charge in [0, 0.05) is 12.7 Å². The Bertz CT molecular complexity index is 295. The van der Waals surface area contributed by atoms with Gasteiger partial charge in [-0.05, 0) is 12.8 Å². The van der Waals surface area contributed by atoms with E-state index in [1.54, 1.807) is 0 Å². The number of halogens is 1. The van der Waals surface area contributed by atoms with Crippen molar-refractivity contribution in [1.82, 2.24) is 9.55 Å². The summed E-state index contributed by atoms with van der Waals surface area (Å²) in [7, 11) is 0. The summed E-state index contributed by atoms with van der Waals surface area (Å²) in [6, 6.07) is 0. The molecule has 0 unspecified atom stereocenters. The maximum Gasteiger partial charge on any atom is 0.0949 e. The Hall–Kier alpha value is -0.540. The molecule has 0 saturated heterocycles. The Morgan fingerprint density at radius 1 is 1.47 bits per heavy atom. The zero-order chi connectivity index (χ0) is 10.5. The van der Waals surface area contributed by atoms with Crippen LogP contribution in [0, 0.1) is 0 Å². The number of hydrogen-bond acceptors (Lipinski definition) is 2. The highest BCUT2D eigenvalue weighted by molar-refractivity contribution is 6.16. The quantitative estimate of drug-likeness (QED) is 0.725. The molecule has 1 aromatic heterocycles. The van der Waals surface area contributed by atoms with E-state index in [0.717, 1.165) is 18.8 Å². The van der Waals surface area contributed by atoms with Crippen molar-refractivity contribution in [3.8, 4) is 0 Å². The highest BCUT2D eigenvalue weighted by atomic mass is 35.5. The van der Waals surface area contributed by atoms with Crippen molar-refractivity contribution in [1.29, 1.82) is 0 Å². The monoisotopic (exact) mass is 228 g/mol. The Morgan fingerprint density at radius 2 is 2.27 bits per heavy atom. The molecule has 2 rings (SSSR count). The SMILES string of the molecule is ClCc1cncn1CCOC1CCCC1. The largest absolute Gasteiger partial charge is 0.376 e. The van der Waals surface area contributed by atoms with Gasteiger partial charge in [0.2, 0.25) is 0 Å². The first kappa shape index (κ1) is 11.0. The van der Waals surface area contributed by atoms with Crippen LogP contribution in [-0.4, -0.2) is 22.3 Å². The molecule has 1 fully saturated rings. The van der Waals surface area contributed by atoms with E-state index in [9.17, 15) is 0 Å². The van der Waals surface area contributed by atoms with Gasteiger partial charge in [-0.3, -0.25) is 0 Å². The van der Waals surface area contributed by atoms with E-state index in [4.69, 9.17) is 16.3 Å². The van der Waals surface area contributed by atoms with Gasteiger partial charge in [0.05, 0.1) is 30.6 Å². The Balaban J connectivity index is 1.73. The number of hydrogen-bond donors (Lipinski definition) is 0. The van der Waals surface area contributed by atoms with Crippen LogP contribution in [0.15, 0.2) is 12.5 Å². The third-order valence-electron chi connectivity index (χ3n) is 2.92. The first-order valence-corrected chi connectivity index (χ1v) is 6.10. The van der Waals surface area contributed by atoms with E-state index in [1.807, 2.05) is 12.5 Å². The molecule has 0 radical (unpaired) electrons. The van der Waals surface area contributed by atoms with Gasteiger partial charge in [0.1, 0.15) is 0 Å². The third-order valence-corrected chi connectivity index (χ3v) is 3.20. The molecule has 1 aliphatic carbocycles. The predicted molar refractivity (Wildman–Crippen MR) is 60.0 cm³/mol. The van der Waals surface area contributed by atoms with Crippen molar-refractivity contribution in [2.24, 2.45) is 0 Å². The minimum absolute atomic E-state index is 0.493. The molecule has 0 bridgehead atoms. The zero-order valence-corrected chi connectivity index (χ0v) is 9.62. The Labute approximate surface area is 95.4 Å². The smallest absolute Gasteiger partial charge is 0.0949 e. The van der Waals surface area contributed by atoms with Gasteiger partial charge in [0.15, 0.2) is 0 Å². The van der Waals surface area contributed by atoms with Crippen molar-refractivity contribution in [2.75, 3.05) is 6.61 Å². The second-order valence-corrected chi connectivity index (χ2v) is 4.26. The summed E-state index contributed by atoms with van der Waals surface area (Å²) in [5.41, 5.74) is 1.06. The van der Waals surface area contributed by atoms with Gasteiger partial charge >= 0.3 is 0 Å². The average molecular weight is 229 g/mol. The summed E-state index contributed by atoms with van der Waals surface area (Å²) in [5.74, 6) is 0.517. The average Bonchev–Trinajstić information content (AvgIpc) is 2.88. The normalized spacial score (nSPS) is 17.4. The van der Waals surface area contributed by atoms with Crippen molar-refractivity contribution in [2.45, 2.75) is 44.2 Å². The molecule has 15 heavy (non-hydrogen) atoms. The topological polar surface area (TPSA) is 27.1 Å². The number of aromatic nitrogens is 2. The number of nitrogens with zero attached hydrogens (tertiary/aromatic N) is 2. The van der Waals surface area contributed by atoms with E-state index in [0.29, 0.717) is 12.0 Å². The minimum Gasteiger partial charge on any atom is -0.376 e. The van der Waals surface area contributed by atoms with E-state index >= 15 is 0 Å². The van der Waals surface area contributed by atoms with Gasteiger partial charge < -0.3 is 9.30 Å². The molecule has 1 heterocycles. The third kappa shape index (κ3) is 2.95. The number of alkyl halides is 1. The molecule has 4 heteroatoms. The van der Waals surface area contributed by atoms with E-state index < -0.39 is 0 Å². The maximum absolute atomic E-state index is 5.78. The molecule has 1 saturated carbocycles. The fourth-order valence-corrected chi connectivity index (χ4v) is 2.26. The van der Waals surface area contributed by atoms with Crippen LogP contribution in [0.2, 0.25) is 0 Å². The lowest BCUT2D eigenvalue weighted by Crippen LogP contribution is -2.13. The van der Waals surface area contributed by atoms with Crippen LogP contribution >= 0.6 is 11.6 Å². The van der Waals surface area contributed by atoms with Gasteiger partial charge in [0.25, 0.3) is 0 Å². The van der Waals surface area contributed by atoms with Crippen LogP contribution in [-0.2, 0) is 17.2 Å². The molecule has 0 aliphatic heterocycles. The van der Waals surface area contributed by atoms with Crippen LogP contribution in [0.3, 0.4) is 0 Å². The summed E-state index contributed by atoms with van der Waals surface area (Å²) in [4.78, 5) is 4.07. The van der Waals surface area contributed by atoms with Gasteiger partial charge in [-0.15, -0.1) is 11.6 Å². The summed E-state index contributed by atoms with van der Waals surface area (Å²) in [6.07, 6.45) is 9.22.